The zero-order chi connectivity index (χ0) is 17.3. The van der Waals surface area contributed by atoms with E-state index in [1.165, 1.54) is 0 Å². The first-order valence-corrected chi connectivity index (χ1v) is 8.43. The number of rotatable bonds is 4. The van der Waals surface area contributed by atoms with Crippen LogP contribution in [-0.2, 0) is 10.2 Å². The van der Waals surface area contributed by atoms with Crippen LogP contribution in [0.3, 0.4) is 0 Å². The summed E-state index contributed by atoms with van der Waals surface area (Å²) in [6, 6.07) is 28.2. The fourth-order valence-electron chi connectivity index (χ4n) is 3.83. The van der Waals surface area contributed by atoms with E-state index >= 15 is 0 Å². The fourth-order valence-corrected chi connectivity index (χ4v) is 3.83. The Balaban J connectivity index is 2.14. The van der Waals surface area contributed by atoms with E-state index in [1.54, 1.807) is 6.92 Å². The minimum atomic E-state index is -0.831. The molecule has 0 aliphatic heterocycles. The molecule has 0 fully saturated rings. The summed E-state index contributed by atoms with van der Waals surface area (Å²) in [7, 11) is 0. The Bertz CT molecular complexity index is 976. The maximum Gasteiger partial charge on any atom is 0.149 e. The van der Waals surface area contributed by atoms with Gasteiger partial charge in [0.2, 0.25) is 0 Å². The van der Waals surface area contributed by atoms with E-state index in [9.17, 15) is 4.79 Å². The van der Waals surface area contributed by atoms with Crippen molar-refractivity contribution in [3.63, 3.8) is 0 Å². The molecule has 1 N–H and O–H groups in total. The molecule has 4 aromatic rings. The van der Waals surface area contributed by atoms with Gasteiger partial charge in [-0.05, 0) is 29.7 Å². The highest BCUT2D eigenvalue weighted by Crippen LogP contribution is 2.43. The zero-order valence-electron chi connectivity index (χ0n) is 14.1. The lowest BCUT2D eigenvalue weighted by Crippen LogP contribution is -2.36. The molecule has 0 radical (unpaired) electrons. The molecule has 122 valence electrons. The third-order valence-corrected chi connectivity index (χ3v) is 4.93. The Morgan fingerprint density at radius 3 is 1.84 bits per heavy atom. The molecule has 2 nitrogen and oxygen atoms in total. The third-order valence-electron chi connectivity index (χ3n) is 4.93. The largest absolute Gasteiger partial charge is 0.361 e. The number of ketones is 1. The first kappa shape index (κ1) is 15.4. The number of carbonyl (C=O) groups is 1. The zero-order valence-corrected chi connectivity index (χ0v) is 14.1. The average Bonchev–Trinajstić information content (AvgIpc) is 3.09. The van der Waals surface area contributed by atoms with Crippen molar-refractivity contribution in [2.45, 2.75) is 12.3 Å². The second-order valence-electron chi connectivity index (χ2n) is 6.29. The summed E-state index contributed by atoms with van der Waals surface area (Å²) in [4.78, 5) is 16.5. The number of carbonyl (C=O) groups excluding carboxylic acids is 1. The van der Waals surface area contributed by atoms with E-state index in [4.69, 9.17) is 0 Å². The van der Waals surface area contributed by atoms with Crippen molar-refractivity contribution in [3.05, 3.63) is 108 Å². The molecule has 3 aromatic carbocycles. The van der Waals surface area contributed by atoms with Crippen LogP contribution in [0.1, 0.15) is 23.6 Å². The molecule has 0 aliphatic rings. The Hall–Kier alpha value is -3.13. The summed E-state index contributed by atoms with van der Waals surface area (Å²) in [5, 5.41) is 1.07. The number of H-pyrrole nitrogens is 1. The quantitative estimate of drug-likeness (QED) is 0.557. The molecule has 1 aromatic heterocycles. The van der Waals surface area contributed by atoms with Gasteiger partial charge in [0.15, 0.2) is 0 Å². The summed E-state index contributed by atoms with van der Waals surface area (Å²) >= 11 is 0. The Kier molecular flexibility index (Phi) is 3.73. The predicted molar refractivity (Wildman–Crippen MR) is 102 cm³/mol. The van der Waals surface area contributed by atoms with Crippen molar-refractivity contribution < 1.29 is 4.79 Å². The van der Waals surface area contributed by atoms with Crippen molar-refractivity contribution in [2.75, 3.05) is 0 Å². The van der Waals surface area contributed by atoms with Crippen molar-refractivity contribution in [2.24, 2.45) is 0 Å². The third kappa shape index (κ3) is 2.30. The Morgan fingerprint density at radius 2 is 1.28 bits per heavy atom. The van der Waals surface area contributed by atoms with Crippen LogP contribution in [0.4, 0.5) is 0 Å². The lowest BCUT2D eigenvalue weighted by molar-refractivity contribution is -0.119. The number of aromatic amines is 1. The topological polar surface area (TPSA) is 32.9 Å². The molecule has 0 spiro atoms. The number of hydrogen-bond acceptors (Lipinski definition) is 1. The molecule has 0 unspecified atom stereocenters. The SMILES string of the molecule is CC(=O)C(c1ccccc1)(c1ccccc1)c1c[nH]c2ccccc12. The number of aromatic nitrogens is 1. The molecule has 4 rings (SSSR count). The summed E-state index contributed by atoms with van der Waals surface area (Å²) in [5.74, 6) is 0.106. The molecule has 0 saturated heterocycles. The van der Waals surface area contributed by atoms with Gasteiger partial charge < -0.3 is 4.98 Å². The van der Waals surface area contributed by atoms with Crippen molar-refractivity contribution >= 4 is 16.7 Å². The summed E-state index contributed by atoms with van der Waals surface area (Å²) < 4.78 is 0. The highest BCUT2D eigenvalue weighted by Gasteiger charge is 2.42. The molecular formula is C23H19NO. The first-order chi connectivity index (χ1) is 12.2. The van der Waals surface area contributed by atoms with Crippen molar-refractivity contribution in [1.82, 2.24) is 4.98 Å². The van der Waals surface area contributed by atoms with E-state index in [2.05, 4.69) is 11.1 Å². The molecular weight excluding hydrogens is 306 g/mol. The van der Waals surface area contributed by atoms with E-state index < -0.39 is 5.41 Å². The van der Waals surface area contributed by atoms with Gasteiger partial charge in [0, 0.05) is 17.1 Å². The number of nitrogens with one attached hydrogen (secondary N) is 1. The molecule has 25 heavy (non-hydrogen) atoms. The second-order valence-corrected chi connectivity index (χ2v) is 6.29. The molecule has 0 amide bonds. The van der Waals surface area contributed by atoms with Crippen LogP contribution in [0.15, 0.2) is 91.1 Å². The van der Waals surface area contributed by atoms with Gasteiger partial charge >= 0.3 is 0 Å². The van der Waals surface area contributed by atoms with Gasteiger partial charge in [-0.15, -0.1) is 0 Å². The number of fused-ring (bicyclic) bond motifs is 1. The Labute approximate surface area is 147 Å². The van der Waals surface area contributed by atoms with Crippen LogP contribution in [0.25, 0.3) is 10.9 Å². The highest BCUT2D eigenvalue weighted by atomic mass is 16.1. The summed E-state index contributed by atoms with van der Waals surface area (Å²) in [6.07, 6.45) is 1.98. The molecule has 0 saturated carbocycles. The molecule has 1 heterocycles. The van der Waals surface area contributed by atoms with Crippen LogP contribution in [0.2, 0.25) is 0 Å². The Morgan fingerprint density at radius 1 is 0.760 bits per heavy atom. The standard InChI is InChI=1S/C23H19NO/c1-17(25)23(18-10-4-2-5-11-18,19-12-6-3-7-13-19)21-16-24-22-15-9-8-14-20(21)22/h2-16,24H,1H3. The minimum Gasteiger partial charge on any atom is -0.361 e. The van der Waals surface area contributed by atoms with Crippen LogP contribution in [-0.4, -0.2) is 10.8 Å². The number of para-hydroxylation sites is 1. The average molecular weight is 325 g/mol. The normalized spacial score (nSPS) is 11.6. The maximum atomic E-state index is 13.2. The van der Waals surface area contributed by atoms with E-state index in [-0.39, 0.29) is 5.78 Å². The van der Waals surface area contributed by atoms with Gasteiger partial charge in [-0.3, -0.25) is 4.79 Å². The van der Waals surface area contributed by atoms with Crippen LogP contribution >= 0.6 is 0 Å². The number of hydrogen-bond donors (Lipinski definition) is 1. The number of Topliss-reactive ketones (excluding diaryl/α,β-unsaturated/α-hetero) is 1. The van der Waals surface area contributed by atoms with Crippen LogP contribution in [0, 0.1) is 0 Å². The van der Waals surface area contributed by atoms with Gasteiger partial charge in [-0.1, -0.05) is 78.9 Å². The molecule has 0 bridgehead atoms. The summed E-state index contributed by atoms with van der Waals surface area (Å²) in [5.41, 5.74) is 3.17. The minimum absolute atomic E-state index is 0.106. The first-order valence-electron chi connectivity index (χ1n) is 8.43. The van der Waals surface area contributed by atoms with Gasteiger partial charge in [-0.25, -0.2) is 0 Å². The van der Waals surface area contributed by atoms with Crippen LogP contribution < -0.4 is 0 Å². The lowest BCUT2D eigenvalue weighted by atomic mass is 9.67. The molecule has 0 aliphatic carbocycles. The monoisotopic (exact) mass is 325 g/mol. The van der Waals surface area contributed by atoms with Gasteiger partial charge in [-0.2, -0.15) is 0 Å². The lowest BCUT2D eigenvalue weighted by Gasteiger charge is -2.32. The highest BCUT2D eigenvalue weighted by molar-refractivity contribution is 6.01. The predicted octanol–water partition coefficient (Wildman–Crippen LogP) is 5.09. The van der Waals surface area contributed by atoms with Gasteiger partial charge in [0.1, 0.15) is 11.2 Å². The van der Waals surface area contributed by atoms with Crippen LogP contribution in [0.5, 0.6) is 0 Å². The van der Waals surface area contributed by atoms with Crippen molar-refractivity contribution in [3.8, 4) is 0 Å². The maximum absolute atomic E-state index is 13.2. The second kappa shape index (κ2) is 6.06. The summed E-state index contributed by atoms with van der Waals surface area (Å²) in [6.45, 7) is 1.68. The van der Waals surface area contributed by atoms with E-state index in [0.717, 1.165) is 27.6 Å². The van der Waals surface area contributed by atoms with Gasteiger partial charge in [0.05, 0.1) is 0 Å². The number of benzene rings is 3. The molecule has 2 heteroatoms. The van der Waals surface area contributed by atoms with E-state index in [0.29, 0.717) is 0 Å². The smallest absolute Gasteiger partial charge is 0.149 e. The fraction of sp³-hybridized carbons (Fsp3) is 0.0870. The van der Waals surface area contributed by atoms with Gasteiger partial charge in [0.25, 0.3) is 0 Å². The van der Waals surface area contributed by atoms with Crippen molar-refractivity contribution in [1.29, 1.82) is 0 Å². The van der Waals surface area contributed by atoms with E-state index in [1.807, 2.05) is 85.1 Å². The molecule has 0 atom stereocenters.